The fourth-order valence-corrected chi connectivity index (χ4v) is 5.38. The molecule has 2 atom stereocenters. The number of nitrogens with one attached hydrogen (secondary N) is 1. The Hall–Kier alpha value is -3.78. The van der Waals surface area contributed by atoms with Gasteiger partial charge in [0.2, 0.25) is 5.95 Å². The van der Waals surface area contributed by atoms with E-state index in [0.717, 1.165) is 38.6 Å². The molecule has 0 amide bonds. The average molecular weight is 459 g/mol. The maximum Gasteiger partial charge on any atom is 0.226 e. The zero-order valence-electron chi connectivity index (χ0n) is 18.4. The van der Waals surface area contributed by atoms with Gasteiger partial charge in [0.25, 0.3) is 0 Å². The summed E-state index contributed by atoms with van der Waals surface area (Å²) in [6, 6.07) is 16.2. The molecule has 8 heteroatoms. The Balaban J connectivity index is 1.63. The summed E-state index contributed by atoms with van der Waals surface area (Å²) >= 11 is 1.68. The van der Waals surface area contributed by atoms with Crippen LogP contribution < -0.4 is 19.5 Å². The van der Waals surface area contributed by atoms with Crippen molar-refractivity contribution in [3.05, 3.63) is 87.4 Å². The van der Waals surface area contributed by atoms with E-state index >= 15 is 0 Å². The highest BCUT2D eigenvalue weighted by Crippen LogP contribution is 2.51. The molecular formula is C25H22N4O3S. The van der Waals surface area contributed by atoms with Crippen LogP contribution in [-0.4, -0.2) is 29.0 Å². The number of anilines is 1. The summed E-state index contributed by atoms with van der Waals surface area (Å²) in [5, 5.41) is 10.2. The van der Waals surface area contributed by atoms with Crippen molar-refractivity contribution in [2.24, 2.45) is 0 Å². The SMILES string of the molecule is COc1ccc([C@@H]2C3=C(Nc4ncnn42)c2cc(C)ccc2O[C@@H]3c2cccs2)cc1OC. The molecule has 2 aliphatic rings. The summed E-state index contributed by atoms with van der Waals surface area (Å²) in [5.41, 5.74) is 5.29. The zero-order valence-corrected chi connectivity index (χ0v) is 19.2. The molecule has 0 bridgehead atoms. The first-order chi connectivity index (χ1) is 16.2. The molecule has 0 saturated carbocycles. The fraction of sp³-hybridized carbons (Fsp3) is 0.200. The van der Waals surface area contributed by atoms with Crippen LogP contribution in [0.25, 0.3) is 5.70 Å². The molecule has 7 nitrogen and oxygen atoms in total. The molecule has 0 aliphatic carbocycles. The number of ether oxygens (including phenoxy) is 3. The van der Waals surface area contributed by atoms with E-state index in [2.05, 4.69) is 52.0 Å². The molecule has 0 spiro atoms. The third kappa shape index (κ3) is 3.09. The fourth-order valence-electron chi connectivity index (χ4n) is 4.61. The quantitative estimate of drug-likeness (QED) is 0.452. The van der Waals surface area contributed by atoms with Crippen molar-refractivity contribution in [2.75, 3.05) is 19.5 Å². The second-order valence-corrected chi connectivity index (χ2v) is 8.99. The molecular weight excluding hydrogens is 436 g/mol. The van der Waals surface area contributed by atoms with Crippen LogP contribution in [0.5, 0.6) is 17.2 Å². The van der Waals surface area contributed by atoms with Gasteiger partial charge in [0.05, 0.1) is 19.9 Å². The van der Waals surface area contributed by atoms with E-state index in [4.69, 9.17) is 14.2 Å². The maximum absolute atomic E-state index is 6.64. The van der Waals surface area contributed by atoms with Crippen molar-refractivity contribution >= 4 is 23.0 Å². The molecule has 6 rings (SSSR count). The van der Waals surface area contributed by atoms with Gasteiger partial charge in [-0.05, 0) is 48.2 Å². The lowest BCUT2D eigenvalue weighted by Gasteiger charge is -2.38. The number of aryl methyl sites for hydroxylation is 1. The zero-order chi connectivity index (χ0) is 22.5. The lowest BCUT2D eigenvalue weighted by atomic mass is 9.86. The molecule has 0 fully saturated rings. The summed E-state index contributed by atoms with van der Waals surface area (Å²) in [5.74, 6) is 2.88. The first-order valence-corrected chi connectivity index (χ1v) is 11.5. The number of nitrogens with zero attached hydrogens (tertiary/aromatic N) is 3. The minimum absolute atomic E-state index is 0.237. The van der Waals surface area contributed by atoms with Crippen LogP contribution in [0.1, 0.15) is 33.7 Å². The van der Waals surface area contributed by atoms with Gasteiger partial charge in [-0.15, -0.1) is 11.3 Å². The highest BCUT2D eigenvalue weighted by molar-refractivity contribution is 7.10. The smallest absolute Gasteiger partial charge is 0.226 e. The van der Waals surface area contributed by atoms with E-state index in [0.29, 0.717) is 17.4 Å². The van der Waals surface area contributed by atoms with Crippen LogP contribution >= 0.6 is 11.3 Å². The second kappa shape index (κ2) is 7.67. The van der Waals surface area contributed by atoms with Gasteiger partial charge in [-0.1, -0.05) is 23.8 Å². The van der Waals surface area contributed by atoms with Crippen LogP contribution in [-0.2, 0) is 0 Å². The number of fused-ring (bicyclic) bond motifs is 3. The summed E-state index contributed by atoms with van der Waals surface area (Å²) in [6.07, 6.45) is 1.31. The molecule has 4 heterocycles. The standard InChI is InChI=1S/C25H22N4O3S/c1-14-6-8-17-16(11-14)22-21(24(32-17)20-5-4-10-33-20)23(29-25(28-22)26-13-27-29)15-7-9-18(30-2)19(12-15)31-3/h4-13,23-24H,1-3H3,(H,26,27,28)/t23-,24-/m1/s1. The molecule has 0 unspecified atom stereocenters. The van der Waals surface area contributed by atoms with E-state index in [9.17, 15) is 0 Å². The summed E-state index contributed by atoms with van der Waals surface area (Å²) < 4.78 is 19.6. The van der Waals surface area contributed by atoms with Gasteiger partial charge in [-0.2, -0.15) is 10.1 Å². The Labute approximate surface area is 195 Å². The molecule has 0 saturated heterocycles. The molecule has 2 aromatic carbocycles. The van der Waals surface area contributed by atoms with Crippen molar-refractivity contribution < 1.29 is 14.2 Å². The first-order valence-electron chi connectivity index (χ1n) is 10.6. The van der Waals surface area contributed by atoms with Crippen LogP contribution in [0.3, 0.4) is 0 Å². The molecule has 2 aliphatic heterocycles. The topological polar surface area (TPSA) is 70.4 Å². The van der Waals surface area contributed by atoms with E-state index < -0.39 is 0 Å². The lowest BCUT2D eigenvalue weighted by molar-refractivity contribution is 0.226. The molecule has 166 valence electrons. The van der Waals surface area contributed by atoms with Crippen LogP contribution in [0.2, 0.25) is 0 Å². The minimum Gasteiger partial charge on any atom is -0.493 e. The lowest BCUT2D eigenvalue weighted by Crippen LogP contribution is -2.32. The Bertz CT molecular complexity index is 1380. The van der Waals surface area contributed by atoms with Gasteiger partial charge in [0, 0.05) is 16.0 Å². The van der Waals surface area contributed by atoms with Crippen molar-refractivity contribution in [3.63, 3.8) is 0 Å². The maximum atomic E-state index is 6.64. The van der Waals surface area contributed by atoms with Gasteiger partial charge >= 0.3 is 0 Å². The number of benzene rings is 2. The highest BCUT2D eigenvalue weighted by Gasteiger charge is 2.41. The molecule has 33 heavy (non-hydrogen) atoms. The van der Waals surface area contributed by atoms with Crippen molar-refractivity contribution in [3.8, 4) is 17.2 Å². The number of methoxy groups -OCH3 is 2. The average Bonchev–Trinajstić information content (AvgIpc) is 3.54. The van der Waals surface area contributed by atoms with Gasteiger partial charge in [0.1, 0.15) is 18.1 Å². The van der Waals surface area contributed by atoms with Crippen molar-refractivity contribution in [2.45, 2.75) is 19.1 Å². The Kier molecular flexibility index (Phi) is 4.62. The summed E-state index contributed by atoms with van der Waals surface area (Å²) in [6.45, 7) is 2.09. The number of rotatable bonds is 4. The van der Waals surface area contributed by atoms with Gasteiger partial charge in [0.15, 0.2) is 17.6 Å². The van der Waals surface area contributed by atoms with E-state index in [1.54, 1.807) is 31.9 Å². The Morgan fingerprint density at radius 1 is 1.06 bits per heavy atom. The van der Waals surface area contributed by atoms with E-state index in [1.807, 2.05) is 28.9 Å². The first kappa shape index (κ1) is 19.9. The Morgan fingerprint density at radius 3 is 2.73 bits per heavy atom. The predicted molar refractivity (Wildman–Crippen MR) is 127 cm³/mol. The van der Waals surface area contributed by atoms with Crippen LogP contribution in [0, 0.1) is 6.92 Å². The minimum atomic E-state index is -0.266. The molecule has 4 aromatic rings. The third-order valence-corrected chi connectivity index (χ3v) is 7.01. The number of thiophene rings is 1. The number of aromatic nitrogens is 3. The van der Waals surface area contributed by atoms with E-state index in [1.165, 1.54) is 0 Å². The van der Waals surface area contributed by atoms with Crippen molar-refractivity contribution in [1.82, 2.24) is 14.8 Å². The van der Waals surface area contributed by atoms with Gasteiger partial charge < -0.3 is 19.5 Å². The number of hydrogen-bond acceptors (Lipinski definition) is 7. The normalized spacial score (nSPS) is 18.5. The van der Waals surface area contributed by atoms with E-state index in [-0.39, 0.29) is 12.1 Å². The Morgan fingerprint density at radius 2 is 1.94 bits per heavy atom. The monoisotopic (exact) mass is 458 g/mol. The van der Waals surface area contributed by atoms with Gasteiger partial charge in [-0.3, -0.25) is 0 Å². The second-order valence-electron chi connectivity index (χ2n) is 8.01. The molecule has 2 aromatic heterocycles. The van der Waals surface area contributed by atoms with Crippen LogP contribution in [0.15, 0.2) is 65.8 Å². The number of hydrogen-bond donors (Lipinski definition) is 1. The largest absolute Gasteiger partial charge is 0.493 e. The van der Waals surface area contributed by atoms with Gasteiger partial charge in [-0.25, -0.2) is 4.68 Å². The summed E-state index contributed by atoms with van der Waals surface area (Å²) in [4.78, 5) is 5.62. The third-order valence-electron chi connectivity index (χ3n) is 6.09. The molecule has 1 N–H and O–H groups in total. The van der Waals surface area contributed by atoms with Crippen molar-refractivity contribution in [1.29, 1.82) is 0 Å². The predicted octanol–water partition coefficient (Wildman–Crippen LogP) is 5.23. The van der Waals surface area contributed by atoms with Crippen LogP contribution in [0.4, 0.5) is 5.95 Å². The highest BCUT2D eigenvalue weighted by atomic mass is 32.1. The molecule has 0 radical (unpaired) electrons. The summed E-state index contributed by atoms with van der Waals surface area (Å²) in [7, 11) is 3.28.